The van der Waals surface area contributed by atoms with Crippen molar-refractivity contribution in [3.05, 3.63) is 45.7 Å². The minimum absolute atomic E-state index is 0.155. The van der Waals surface area contributed by atoms with Gasteiger partial charge in [-0.25, -0.2) is 4.39 Å². The van der Waals surface area contributed by atoms with Crippen LogP contribution in [0.15, 0.2) is 34.3 Å². The number of rotatable bonds is 5. The van der Waals surface area contributed by atoms with Crippen molar-refractivity contribution >= 4 is 15.9 Å². The van der Waals surface area contributed by atoms with Crippen LogP contribution in [-0.2, 0) is 6.42 Å². The first-order chi connectivity index (χ1) is 9.19. The van der Waals surface area contributed by atoms with E-state index in [1.54, 1.807) is 12.1 Å². The Morgan fingerprint density at radius 1 is 1.32 bits per heavy atom. The topological polar surface area (TPSA) is 38.0 Å². The molecule has 1 aliphatic carbocycles. The van der Waals surface area contributed by atoms with E-state index in [9.17, 15) is 4.39 Å². The van der Waals surface area contributed by atoms with E-state index in [1.807, 2.05) is 0 Å². The fourth-order valence-corrected chi connectivity index (χ4v) is 2.97. The monoisotopic (exact) mass is 326 g/mol. The Labute approximate surface area is 122 Å². The Morgan fingerprint density at radius 2 is 2.16 bits per heavy atom. The maximum atomic E-state index is 13.3. The van der Waals surface area contributed by atoms with Crippen molar-refractivity contribution in [2.75, 3.05) is 0 Å². The molecule has 0 saturated carbocycles. The minimum atomic E-state index is -0.203. The Hall–Kier alpha value is -0.710. The van der Waals surface area contributed by atoms with Gasteiger partial charge >= 0.3 is 0 Å². The standard InChI is InChI=1S/C15H20BrFN2/c16-15-7-6-13(17)9-12(15)10-14(19-18)8-11-4-2-1-3-5-11/h4,6-7,9,14,19H,1-3,5,8,10,18H2. The molecule has 104 valence electrons. The Bertz CT molecular complexity index is 459. The summed E-state index contributed by atoms with van der Waals surface area (Å²) in [4.78, 5) is 0. The summed E-state index contributed by atoms with van der Waals surface area (Å²) in [6.07, 6.45) is 8.91. The largest absolute Gasteiger partial charge is 0.271 e. The number of halogens is 2. The summed E-state index contributed by atoms with van der Waals surface area (Å²) in [5.41, 5.74) is 5.29. The van der Waals surface area contributed by atoms with Gasteiger partial charge in [-0.1, -0.05) is 27.6 Å². The van der Waals surface area contributed by atoms with Crippen LogP contribution in [0.25, 0.3) is 0 Å². The number of allylic oxidation sites excluding steroid dienone is 1. The summed E-state index contributed by atoms with van der Waals surface area (Å²) < 4.78 is 14.2. The molecule has 0 heterocycles. The zero-order valence-electron chi connectivity index (χ0n) is 11.0. The molecule has 1 unspecified atom stereocenters. The van der Waals surface area contributed by atoms with Gasteiger partial charge in [0.05, 0.1) is 0 Å². The molecular weight excluding hydrogens is 307 g/mol. The van der Waals surface area contributed by atoms with E-state index in [0.717, 1.165) is 22.9 Å². The first-order valence-electron chi connectivity index (χ1n) is 6.77. The van der Waals surface area contributed by atoms with Gasteiger partial charge in [0.25, 0.3) is 0 Å². The van der Waals surface area contributed by atoms with Crippen LogP contribution in [0, 0.1) is 5.82 Å². The molecule has 0 bridgehead atoms. The second kappa shape index (κ2) is 7.17. The van der Waals surface area contributed by atoms with E-state index >= 15 is 0 Å². The zero-order valence-corrected chi connectivity index (χ0v) is 12.5. The SMILES string of the molecule is NNC(CC1=CCCCC1)Cc1cc(F)ccc1Br. The molecule has 0 amide bonds. The lowest BCUT2D eigenvalue weighted by Gasteiger charge is -2.20. The third-order valence-corrected chi connectivity index (χ3v) is 4.38. The van der Waals surface area contributed by atoms with E-state index in [-0.39, 0.29) is 11.9 Å². The normalized spacial score (nSPS) is 17.1. The van der Waals surface area contributed by atoms with Gasteiger partial charge in [-0.05, 0) is 62.3 Å². The number of nitrogens with two attached hydrogens (primary N) is 1. The number of hydrogen-bond acceptors (Lipinski definition) is 2. The van der Waals surface area contributed by atoms with Gasteiger partial charge in [0.2, 0.25) is 0 Å². The molecular formula is C15H20BrFN2. The van der Waals surface area contributed by atoms with Crippen LogP contribution in [0.3, 0.4) is 0 Å². The number of hydrazine groups is 1. The first-order valence-corrected chi connectivity index (χ1v) is 7.56. The highest BCUT2D eigenvalue weighted by Gasteiger charge is 2.14. The van der Waals surface area contributed by atoms with Crippen molar-refractivity contribution in [1.29, 1.82) is 0 Å². The molecule has 0 radical (unpaired) electrons. The summed E-state index contributed by atoms with van der Waals surface area (Å²) in [6, 6.07) is 4.94. The van der Waals surface area contributed by atoms with Gasteiger partial charge in [-0.2, -0.15) is 0 Å². The van der Waals surface area contributed by atoms with Crippen LogP contribution in [0.2, 0.25) is 0 Å². The zero-order chi connectivity index (χ0) is 13.7. The van der Waals surface area contributed by atoms with Crippen molar-refractivity contribution in [3.8, 4) is 0 Å². The van der Waals surface area contributed by atoms with Crippen molar-refractivity contribution in [1.82, 2.24) is 5.43 Å². The van der Waals surface area contributed by atoms with Gasteiger partial charge in [-0.3, -0.25) is 11.3 Å². The average molecular weight is 327 g/mol. The van der Waals surface area contributed by atoms with Gasteiger partial charge in [-0.15, -0.1) is 0 Å². The molecule has 1 aromatic carbocycles. The molecule has 2 nitrogen and oxygen atoms in total. The molecule has 3 N–H and O–H groups in total. The van der Waals surface area contributed by atoms with Gasteiger partial charge in [0.1, 0.15) is 5.82 Å². The Morgan fingerprint density at radius 3 is 2.84 bits per heavy atom. The van der Waals surface area contributed by atoms with Gasteiger partial charge in [0, 0.05) is 10.5 Å². The van der Waals surface area contributed by atoms with Crippen LogP contribution in [0.5, 0.6) is 0 Å². The summed E-state index contributed by atoms with van der Waals surface area (Å²) in [5.74, 6) is 5.44. The molecule has 0 fully saturated rings. The predicted octanol–water partition coefficient (Wildman–Crippen LogP) is 3.85. The van der Waals surface area contributed by atoms with Crippen molar-refractivity contribution in [3.63, 3.8) is 0 Å². The average Bonchev–Trinajstić information content (AvgIpc) is 2.43. The number of hydrogen-bond donors (Lipinski definition) is 2. The summed E-state index contributed by atoms with van der Waals surface area (Å²) in [7, 11) is 0. The smallest absolute Gasteiger partial charge is 0.123 e. The third-order valence-electron chi connectivity index (χ3n) is 3.60. The van der Waals surface area contributed by atoms with Crippen molar-refractivity contribution < 1.29 is 4.39 Å². The molecule has 4 heteroatoms. The summed E-state index contributed by atoms with van der Waals surface area (Å²) in [5, 5.41) is 0. The van der Waals surface area contributed by atoms with E-state index < -0.39 is 0 Å². The van der Waals surface area contributed by atoms with Gasteiger partial charge < -0.3 is 0 Å². The first kappa shape index (κ1) is 14.7. The lowest BCUT2D eigenvalue weighted by atomic mass is 9.92. The van der Waals surface area contributed by atoms with Crippen molar-refractivity contribution in [2.45, 2.75) is 44.6 Å². The summed E-state index contributed by atoms with van der Waals surface area (Å²) >= 11 is 3.46. The molecule has 0 spiro atoms. The fourth-order valence-electron chi connectivity index (χ4n) is 2.56. The van der Waals surface area contributed by atoms with E-state index in [4.69, 9.17) is 5.84 Å². The maximum absolute atomic E-state index is 13.3. The second-order valence-corrected chi connectivity index (χ2v) is 5.97. The number of nitrogens with one attached hydrogen (secondary N) is 1. The summed E-state index contributed by atoms with van der Waals surface area (Å²) in [6.45, 7) is 0. The Balaban J connectivity index is 2.02. The van der Waals surface area contributed by atoms with Crippen molar-refractivity contribution in [2.24, 2.45) is 5.84 Å². The minimum Gasteiger partial charge on any atom is -0.271 e. The lowest BCUT2D eigenvalue weighted by molar-refractivity contribution is 0.502. The molecule has 1 aromatic rings. The van der Waals surface area contributed by atoms with Crippen LogP contribution < -0.4 is 11.3 Å². The second-order valence-electron chi connectivity index (χ2n) is 5.12. The van der Waals surface area contributed by atoms with Crippen LogP contribution in [-0.4, -0.2) is 6.04 Å². The maximum Gasteiger partial charge on any atom is 0.123 e. The van der Waals surface area contributed by atoms with Crippen LogP contribution in [0.4, 0.5) is 4.39 Å². The Kier molecular flexibility index (Phi) is 5.55. The quantitative estimate of drug-likeness (QED) is 0.490. The molecule has 0 aliphatic heterocycles. The predicted molar refractivity (Wildman–Crippen MR) is 80.1 cm³/mol. The van der Waals surface area contributed by atoms with E-state index in [2.05, 4.69) is 27.4 Å². The van der Waals surface area contributed by atoms with Crippen LogP contribution in [0.1, 0.15) is 37.7 Å². The molecule has 1 atom stereocenters. The molecule has 0 saturated heterocycles. The third kappa shape index (κ3) is 4.41. The van der Waals surface area contributed by atoms with E-state index in [1.165, 1.54) is 37.3 Å². The fraction of sp³-hybridized carbons (Fsp3) is 0.467. The van der Waals surface area contributed by atoms with E-state index in [0.29, 0.717) is 0 Å². The highest BCUT2D eigenvalue weighted by atomic mass is 79.9. The highest BCUT2D eigenvalue weighted by Crippen LogP contribution is 2.24. The molecule has 0 aromatic heterocycles. The molecule has 2 rings (SSSR count). The van der Waals surface area contributed by atoms with Crippen LogP contribution >= 0.6 is 15.9 Å². The van der Waals surface area contributed by atoms with Gasteiger partial charge in [0.15, 0.2) is 0 Å². The highest BCUT2D eigenvalue weighted by molar-refractivity contribution is 9.10. The lowest BCUT2D eigenvalue weighted by Crippen LogP contribution is -2.37. The number of benzene rings is 1. The molecule has 1 aliphatic rings. The molecule has 19 heavy (non-hydrogen) atoms.